The molecule has 0 fully saturated rings. The zero-order valence-corrected chi connectivity index (χ0v) is 20.5. The van der Waals surface area contributed by atoms with E-state index in [0.717, 1.165) is 5.56 Å². The van der Waals surface area contributed by atoms with Crippen molar-refractivity contribution in [1.82, 2.24) is 39.6 Å². The second-order valence-electron chi connectivity index (χ2n) is 9.22. The molecule has 0 aromatic carbocycles. The normalized spacial score (nSPS) is 15.2. The molecule has 1 unspecified atom stereocenters. The van der Waals surface area contributed by atoms with Crippen molar-refractivity contribution in [3.63, 3.8) is 0 Å². The SMILES string of the molecule is Cc1cc(C#Cc2cnn(C)c2)cc(C(=O)NC(c2ncn3c2C[C@@H](F)C3)c2[nH]c3ncccc3c2F)n1. The van der Waals surface area contributed by atoms with Crippen LogP contribution in [0.5, 0.6) is 0 Å². The van der Waals surface area contributed by atoms with Gasteiger partial charge in [0.2, 0.25) is 0 Å². The molecule has 5 aromatic rings. The van der Waals surface area contributed by atoms with Gasteiger partial charge in [0.1, 0.15) is 23.6 Å². The van der Waals surface area contributed by atoms with E-state index in [1.807, 2.05) is 0 Å². The average Bonchev–Trinajstić information content (AvgIpc) is 3.65. The van der Waals surface area contributed by atoms with Crippen LogP contribution in [-0.4, -0.2) is 46.4 Å². The van der Waals surface area contributed by atoms with Gasteiger partial charge in [-0.05, 0) is 31.2 Å². The van der Waals surface area contributed by atoms with Gasteiger partial charge in [-0.2, -0.15) is 5.10 Å². The first-order valence-corrected chi connectivity index (χ1v) is 12.0. The Morgan fingerprint density at radius 2 is 2.11 bits per heavy atom. The number of hydrogen-bond donors (Lipinski definition) is 2. The predicted molar refractivity (Wildman–Crippen MR) is 134 cm³/mol. The molecule has 1 aliphatic rings. The summed E-state index contributed by atoms with van der Waals surface area (Å²) in [5.74, 6) is 4.94. The number of aromatic nitrogens is 7. The highest BCUT2D eigenvalue weighted by Crippen LogP contribution is 2.32. The van der Waals surface area contributed by atoms with Gasteiger partial charge in [-0.1, -0.05) is 11.8 Å². The van der Waals surface area contributed by atoms with E-state index < -0.39 is 23.9 Å². The summed E-state index contributed by atoms with van der Waals surface area (Å²) in [6, 6.07) is 5.54. The maximum atomic E-state index is 15.6. The van der Waals surface area contributed by atoms with Crippen molar-refractivity contribution in [2.24, 2.45) is 7.05 Å². The van der Waals surface area contributed by atoms with E-state index in [-0.39, 0.29) is 29.7 Å². The van der Waals surface area contributed by atoms with E-state index in [2.05, 4.69) is 42.2 Å². The molecule has 0 bridgehead atoms. The van der Waals surface area contributed by atoms with Crippen LogP contribution in [0.3, 0.4) is 0 Å². The fraction of sp³-hybridized carbons (Fsp3) is 0.222. The largest absolute Gasteiger partial charge is 0.339 e. The van der Waals surface area contributed by atoms with Crippen molar-refractivity contribution in [3.05, 3.63) is 94.6 Å². The summed E-state index contributed by atoms with van der Waals surface area (Å²) in [5, 5.41) is 7.25. The third-order valence-electron chi connectivity index (χ3n) is 6.40. The van der Waals surface area contributed by atoms with Crippen LogP contribution in [0, 0.1) is 24.6 Å². The fourth-order valence-electron chi connectivity index (χ4n) is 4.71. The summed E-state index contributed by atoms with van der Waals surface area (Å²) in [6.07, 6.45) is 5.54. The second-order valence-corrected chi connectivity index (χ2v) is 9.22. The molecule has 0 aliphatic carbocycles. The number of amides is 1. The molecule has 1 amide bonds. The van der Waals surface area contributed by atoms with Crippen LogP contribution in [0.1, 0.15) is 50.4 Å². The monoisotopic (exact) mass is 512 g/mol. The Bertz CT molecular complexity index is 1760. The molecule has 190 valence electrons. The van der Waals surface area contributed by atoms with E-state index in [1.54, 1.807) is 66.1 Å². The Kier molecular flexibility index (Phi) is 5.72. The summed E-state index contributed by atoms with van der Waals surface area (Å²) in [6.45, 7) is 1.92. The van der Waals surface area contributed by atoms with Gasteiger partial charge in [0.05, 0.1) is 41.4 Å². The number of H-pyrrole nitrogens is 1. The minimum absolute atomic E-state index is 0.0834. The summed E-state index contributed by atoms with van der Waals surface area (Å²) in [7, 11) is 1.80. The average molecular weight is 513 g/mol. The molecule has 6 rings (SSSR count). The van der Waals surface area contributed by atoms with Crippen molar-refractivity contribution in [2.75, 3.05) is 0 Å². The minimum atomic E-state index is -1.07. The molecule has 2 atom stereocenters. The molecular formula is C27H22F2N8O. The first-order chi connectivity index (χ1) is 18.4. The first kappa shape index (κ1) is 23.5. The van der Waals surface area contributed by atoms with Gasteiger partial charge < -0.3 is 14.9 Å². The minimum Gasteiger partial charge on any atom is -0.339 e. The smallest absolute Gasteiger partial charge is 0.270 e. The molecule has 9 nitrogen and oxygen atoms in total. The van der Waals surface area contributed by atoms with Crippen molar-refractivity contribution in [1.29, 1.82) is 0 Å². The van der Waals surface area contributed by atoms with Crippen LogP contribution in [0.25, 0.3) is 11.0 Å². The van der Waals surface area contributed by atoms with E-state index in [1.165, 1.54) is 6.33 Å². The molecular weight excluding hydrogens is 490 g/mol. The number of aromatic amines is 1. The molecule has 38 heavy (non-hydrogen) atoms. The van der Waals surface area contributed by atoms with E-state index in [4.69, 9.17) is 0 Å². The molecule has 2 N–H and O–H groups in total. The number of alkyl halides is 1. The van der Waals surface area contributed by atoms with Gasteiger partial charge >= 0.3 is 0 Å². The topological polar surface area (TPSA) is 106 Å². The molecule has 5 aromatic heterocycles. The number of nitrogens with zero attached hydrogens (tertiary/aromatic N) is 6. The number of fused-ring (bicyclic) bond motifs is 2. The first-order valence-electron chi connectivity index (χ1n) is 12.0. The predicted octanol–water partition coefficient (Wildman–Crippen LogP) is 3.15. The van der Waals surface area contributed by atoms with Crippen LogP contribution in [0.2, 0.25) is 0 Å². The Balaban J connectivity index is 1.38. The number of carbonyl (C=O) groups excluding carboxylic acids is 1. The summed E-state index contributed by atoms with van der Waals surface area (Å²) < 4.78 is 33.1. The number of nitrogens with one attached hydrogen (secondary N) is 2. The highest BCUT2D eigenvalue weighted by atomic mass is 19.1. The van der Waals surface area contributed by atoms with Gasteiger partial charge in [-0.3, -0.25) is 9.48 Å². The molecule has 1 aliphatic heterocycles. The Morgan fingerprint density at radius 1 is 1.26 bits per heavy atom. The number of pyridine rings is 2. The van der Waals surface area contributed by atoms with E-state index in [0.29, 0.717) is 28.3 Å². The Morgan fingerprint density at radius 3 is 2.89 bits per heavy atom. The van der Waals surface area contributed by atoms with Gasteiger partial charge in [0.15, 0.2) is 5.82 Å². The summed E-state index contributed by atoms with van der Waals surface area (Å²) in [4.78, 5) is 29.5. The van der Waals surface area contributed by atoms with Crippen molar-refractivity contribution in [3.8, 4) is 11.8 Å². The van der Waals surface area contributed by atoms with Gasteiger partial charge in [-0.15, -0.1) is 0 Å². The Hall–Kier alpha value is -4.85. The van der Waals surface area contributed by atoms with Gasteiger partial charge in [0.25, 0.3) is 5.91 Å². The van der Waals surface area contributed by atoms with Crippen LogP contribution in [0.4, 0.5) is 8.78 Å². The van der Waals surface area contributed by atoms with Crippen molar-refractivity contribution >= 4 is 16.9 Å². The summed E-state index contributed by atoms with van der Waals surface area (Å²) in [5.41, 5.74) is 3.42. The number of imidazole rings is 1. The number of aryl methyl sites for hydroxylation is 2. The zero-order chi connectivity index (χ0) is 26.4. The standard InChI is InChI=1S/C27H22F2N8O/c1-15-8-16(5-6-17-11-32-36(2)12-17)9-20(33-15)27(38)35-25(23-21-10-18(28)13-37(21)14-31-23)24-22(29)19-4-3-7-30-26(19)34-24/h3-4,7-9,11-12,14,18,25H,10,13H2,1-2H3,(H,30,34)(H,35,38)/t18-,25?/m1/s1. The van der Waals surface area contributed by atoms with Crippen LogP contribution in [-0.2, 0) is 20.0 Å². The number of rotatable bonds is 4. The van der Waals surface area contributed by atoms with E-state index >= 15 is 4.39 Å². The zero-order valence-electron chi connectivity index (χ0n) is 20.5. The fourth-order valence-corrected chi connectivity index (χ4v) is 4.71. The molecule has 0 saturated carbocycles. The Labute approximate surface area is 215 Å². The molecule has 0 radical (unpaired) electrons. The molecule has 11 heteroatoms. The highest BCUT2D eigenvalue weighted by molar-refractivity contribution is 5.93. The quantitative estimate of drug-likeness (QED) is 0.360. The number of hydrogen-bond acceptors (Lipinski definition) is 5. The van der Waals surface area contributed by atoms with Crippen LogP contribution >= 0.6 is 0 Å². The van der Waals surface area contributed by atoms with Crippen molar-refractivity contribution in [2.45, 2.75) is 32.1 Å². The number of halogens is 2. The third kappa shape index (κ3) is 4.30. The van der Waals surface area contributed by atoms with Gasteiger partial charge in [0, 0.05) is 42.8 Å². The lowest BCUT2D eigenvalue weighted by atomic mass is 10.1. The maximum absolute atomic E-state index is 15.6. The van der Waals surface area contributed by atoms with Gasteiger partial charge in [-0.25, -0.2) is 23.7 Å². The van der Waals surface area contributed by atoms with Crippen LogP contribution < -0.4 is 5.32 Å². The summed E-state index contributed by atoms with van der Waals surface area (Å²) >= 11 is 0. The second kappa shape index (κ2) is 9.23. The lowest BCUT2D eigenvalue weighted by molar-refractivity contribution is 0.0936. The lowest BCUT2D eigenvalue weighted by Crippen LogP contribution is -2.32. The molecule has 6 heterocycles. The molecule has 0 saturated heterocycles. The van der Waals surface area contributed by atoms with Crippen molar-refractivity contribution < 1.29 is 13.6 Å². The highest BCUT2D eigenvalue weighted by Gasteiger charge is 2.33. The maximum Gasteiger partial charge on any atom is 0.270 e. The lowest BCUT2D eigenvalue weighted by Gasteiger charge is -2.18. The third-order valence-corrected chi connectivity index (χ3v) is 6.40. The number of carbonyl (C=O) groups is 1. The van der Waals surface area contributed by atoms with Crippen LogP contribution in [0.15, 0.2) is 49.2 Å². The molecule has 0 spiro atoms. The van der Waals surface area contributed by atoms with E-state index in [9.17, 15) is 9.18 Å².